The van der Waals surface area contributed by atoms with Crippen molar-refractivity contribution >= 4 is 33.5 Å². The van der Waals surface area contributed by atoms with Crippen LogP contribution in [-0.2, 0) is 15.6 Å². The molecule has 1 aromatic carbocycles. The number of nitrogens with two attached hydrogens (primary N) is 1. The Balaban J connectivity index is 1.64. The first-order valence-electron chi connectivity index (χ1n) is 6.45. The minimum absolute atomic E-state index is 0.0683. The maximum absolute atomic E-state index is 12.0. The van der Waals surface area contributed by atoms with E-state index in [1.54, 1.807) is 18.2 Å². The number of nitrogen functional groups attached to an aromatic ring is 1. The molecule has 1 atom stereocenters. The summed E-state index contributed by atoms with van der Waals surface area (Å²) in [5.74, 6) is 0.141. The normalized spacial score (nSPS) is 16.2. The summed E-state index contributed by atoms with van der Waals surface area (Å²) in [5.41, 5.74) is 7.33. The van der Waals surface area contributed by atoms with Gasteiger partial charge in [-0.15, -0.1) is 0 Å². The molecule has 0 radical (unpaired) electrons. The zero-order valence-electron chi connectivity index (χ0n) is 10.8. The van der Waals surface area contributed by atoms with Gasteiger partial charge in [0.25, 0.3) is 5.22 Å². The number of hydrogen-bond acceptors (Lipinski definition) is 5. The first-order valence-corrected chi connectivity index (χ1v) is 7.77. The van der Waals surface area contributed by atoms with E-state index in [0.29, 0.717) is 22.8 Å². The maximum atomic E-state index is 12.0. The summed E-state index contributed by atoms with van der Waals surface area (Å²) < 4.78 is 17.5. The zero-order valence-corrected chi connectivity index (χ0v) is 11.6. The molecule has 1 saturated carbocycles. The second-order valence-electron chi connectivity index (χ2n) is 4.85. The van der Waals surface area contributed by atoms with Crippen LogP contribution < -0.4 is 11.1 Å². The van der Waals surface area contributed by atoms with Crippen molar-refractivity contribution in [1.82, 2.24) is 10.3 Å². The number of carbonyl (C=O) groups is 1. The summed E-state index contributed by atoms with van der Waals surface area (Å²) in [5, 5.41) is 3.00. The van der Waals surface area contributed by atoms with Gasteiger partial charge in [0.15, 0.2) is 5.58 Å². The Labute approximate surface area is 118 Å². The molecule has 106 valence electrons. The number of rotatable bonds is 5. The van der Waals surface area contributed by atoms with Gasteiger partial charge in [-0.1, -0.05) is 0 Å². The molecular formula is C13H15N3O3S. The van der Waals surface area contributed by atoms with Crippen molar-refractivity contribution in [1.29, 1.82) is 0 Å². The molecule has 0 saturated heterocycles. The number of oxazole rings is 1. The molecular weight excluding hydrogens is 278 g/mol. The van der Waals surface area contributed by atoms with Crippen LogP contribution in [0.4, 0.5) is 5.69 Å². The monoisotopic (exact) mass is 293 g/mol. The van der Waals surface area contributed by atoms with Gasteiger partial charge in [-0.05, 0) is 25.0 Å². The van der Waals surface area contributed by atoms with Gasteiger partial charge >= 0.3 is 0 Å². The van der Waals surface area contributed by atoms with Crippen molar-refractivity contribution in [3.05, 3.63) is 18.2 Å². The van der Waals surface area contributed by atoms with E-state index < -0.39 is 10.8 Å². The Kier molecular flexibility index (Phi) is 3.43. The average molecular weight is 293 g/mol. The molecule has 7 heteroatoms. The van der Waals surface area contributed by atoms with Gasteiger partial charge < -0.3 is 15.5 Å². The first kappa shape index (κ1) is 13.1. The fourth-order valence-electron chi connectivity index (χ4n) is 1.82. The number of nitrogens with one attached hydrogen (secondary N) is 1. The molecule has 0 bridgehead atoms. The highest BCUT2D eigenvalue weighted by Crippen LogP contribution is 2.21. The van der Waals surface area contributed by atoms with Gasteiger partial charge in [-0.25, -0.2) is 9.19 Å². The van der Waals surface area contributed by atoms with Crippen LogP contribution in [0.5, 0.6) is 0 Å². The summed E-state index contributed by atoms with van der Waals surface area (Å²) in [6, 6.07) is 5.39. The molecule has 20 heavy (non-hydrogen) atoms. The van der Waals surface area contributed by atoms with Crippen molar-refractivity contribution in [2.24, 2.45) is 0 Å². The second-order valence-corrected chi connectivity index (χ2v) is 6.30. The van der Waals surface area contributed by atoms with Crippen LogP contribution in [0.15, 0.2) is 27.8 Å². The van der Waals surface area contributed by atoms with Crippen LogP contribution in [0.25, 0.3) is 11.1 Å². The van der Waals surface area contributed by atoms with E-state index in [-0.39, 0.29) is 23.3 Å². The lowest BCUT2D eigenvalue weighted by molar-refractivity contribution is -0.120. The molecule has 1 aliphatic rings. The number of anilines is 1. The van der Waals surface area contributed by atoms with Crippen LogP contribution >= 0.6 is 0 Å². The summed E-state index contributed by atoms with van der Waals surface area (Å²) in [6.07, 6.45) is 2.30. The highest BCUT2D eigenvalue weighted by atomic mass is 32.2. The van der Waals surface area contributed by atoms with Gasteiger partial charge in [0.2, 0.25) is 5.91 Å². The number of amides is 1. The van der Waals surface area contributed by atoms with Gasteiger partial charge in [-0.2, -0.15) is 0 Å². The van der Waals surface area contributed by atoms with Crippen molar-refractivity contribution in [2.45, 2.75) is 30.5 Å². The minimum atomic E-state index is -1.42. The first-order chi connectivity index (χ1) is 9.61. The molecule has 2 aromatic rings. The molecule has 1 unspecified atom stereocenters. The van der Waals surface area contributed by atoms with E-state index in [1.165, 1.54) is 0 Å². The van der Waals surface area contributed by atoms with Crippen molar-refractivity contribution in [2.75, 3.05) is 11.5 Å². The van der Waals surface area contributed by atoms with E-state index >= 15 is 0 Å². The number of fused-ring (bicyclic) bond motifs is 1. The number of nitrogens with zero attached hydrogens (tertiary/aromatic N) is 1. The Morgan fingerprint density at radius 3 is 3.05 bits per heavy atom. The molecule has 0 spiro atoms. The third kappa shape index (κ3) is 2.98. The van der Waals surface area contributed by atoms with E-state index in [0.717, 1.165) is 12.8 Å². The van der Waals surface area contributed by atoms with E-state index in [2.05, 4.69) is 10.3 Å². The number of carbonyl (C=O) groups excluding carboxylic acids is 1. The van der Waals surface area contributed by atoms with E-state index in [9.17, 15) is 9.00 Å². The lowest BCUT2D eigenvalue weighted by Crippen LogP contribution is -2.26. The predicted octanol–water partition coefficient (Wildman–Crippen LogP) is 1.19. The Hall–Kier alpha value is -1.89. The molecule has 3 N–H and O–H groups in total. The molecule has 1 fully saturated rings. The lowest BCUT2D eigenvalue weighted by atomic mass is 10.3. The van der Waals surface area contributed by atoms with Crippen molar-refractivity contribution in [3.63, 3.8) is 0 Å². The topological polar surface area (TPSA) is 98.2 Å². The predicted molar refractivity (Wildman–Crippen MR) is 75.5 cm³/mol. The molecule has 0 aliphatic heterocycles. The van der Waals surface area contributed by atoms with Crippen LogP contribution in [0, 0.1) is 0 Å². The molecule has 3 rings (SSSR count). The fourth-order valence-corrected chi connectivity index (χ4v) is 2.75. The van der Waals surface area contributed by atoms with Crippen LogP contribution in [0.1, 0.15) is 19.3 Å². The third-order valence-electron chi connectivity index (χ3n) is 3.04. The van der Waals surface area contributed by atoms with Crippen LogP contribution in [-0.4, -0.2) is 26.9 Å². The Morgan fingerprint density at radius 2 is 2.30 bits per heavy atom. The van der Waals surface area contributed by atoms with Crippen molar-refractivity contribution in [3.8, 4) is 0 Å². The standard InChI is InChI=1S/C13H15N3O3S/c14-8-1-4-10-11(7-8)19-13(16-10)20(18)6-5-12(17)15-9-2-3-9/h1,4,7,9H,2-3,5-6,14H2,(H,15,17). The maximum Gasteiger partial charge on any atom is 0.287 e. The van der Waals surface area contributed by atoms with Gasteiger partial charge in [-0.3, -0.25) is 4.79 Å². The Bertz CT molecular complexity index is 679. The number of benzene rings is 1. The molecule has 1 aliphatic carbocycles. The highest BCUT2D eigenvalue weighted by molar-refractivity contribution is 7.84. The molecule has 1 aromatic heterocycles. The van der Waals surface area contributed by atoms with Crippen molar-refractivity contribution < 1.29 is 13.4 Å². The van der Waals surface area contributed by atoms with Crippen LogP contribution in [0.3, 0.4) is 0 Å². The minimum Gasteiger partial charge on any atom is -0.430 e. The molecule has 1 heterocycles. The van der Waals surface area contributed by atoms with Gasteiger partial charge in [0.05, 0.1) is 0 Å². The summed E-state index contributed by atoms with van der Waals surface area (Å²) in [6.45, 7) is 0. The quantitative estimate of drug-likeness (QED) is 0.807. The third-order valence-corrected chi connectivity index (χ3v) is 4.18. The lowest BCUT2D eigenvalue weighted by Gasteiger charge is -2.01. The number of aromatic nitrogens is 1. The van der Waals surface area contributed by atoms with E-state index in [4.69, 9.17) is 10.2 Å². The molecule has 1 amide bonds. The number of hydrogen-bond donors (Lipinski definition) is 2. The SMILES string of the molecule is Nc1ccc2nc(S(=O)CCC(=O)NC3CC3)oc2c1. The smallest absolute Gasteiger partial charge is 0.287 e. The zero-order chi connectivity index (χ0) is 14.1. The average Bonchev–Trinajstić information content (AvgIpc) is 3.12. The van der Waals surface area contributed by atoms with E-state index in [1.807, 2.05) is 0 Å². The van der Waals surface area contributed by atoms with Gasteiger partial charge in [0.1, 0.15) is 16.3 Å². The summed E-state index contributed by atoms with van der Waals surface area (Å²) in [7, 11) is -1.42. The summed E-state index contributed by atoms with van der Waals surface area (Å²) >= 11 is 0. The fraction of sp³-hybridized carbons (Fsp3) is 0.385. The second kappa shape index (κ2) is 5.24. The Morgan fingerprint density at radius 1 is 1.50 bits per heavy atom. The highest BCUT2D eigenvalue weighted by Gasteiger charge is 2.23. The van der Waals surface area contributed by atoms with Crippen LogP contribution in [0.2, 0.25) is 0 Å². The summed E-state index contributed by atoms with van der Waals surface area (Å²) in [4.78, 5) is 15.7. The van der Waals surface area contributed by atoms with Gasteiger partial charge in [0, 0.05) is 30.0 Å². The molecule has 6 nitrogen and oxygen atoms in total. The largest absolute Gasteiger partial charge is 0.430 e.